The number of fused-ring (bicyclic) bond motifs is 1. The highest BCUT2D eigenvalue weighted by atomic mass is 16.6. The molecule has 0 aromatic heterocycles. The molecule has 5 aliphatic heterocycles. The number of hydrogen-bond donors (Lipinski definition) is 12. The first-order valence-corrected chi connectivity index (χ1v) is 42.1. The van der Waals surface area contributed by atoms with E-state index in [1.807, 2.05) is 34.6 Å². The summed E-state index contributed by atoms with van der Waals surface area (Å²) < 4.78 is 5.81. The third-order valence-corrected chi connectivity index (χ3v) is 22.7. The Morgan fingerprint density at radius 2 is 0.879 bits per heavy atom. The molecule has 0 aliphatic carbocycles. The van der Waals surface area contributed by atoms with Gasteiger partial charge in [0.25, 0.3) is 5.91 Å². The maximum Gasteiger partial charge on any atom is 0.332 e. The van der Waals surface area contributed by atoms with Crippen LogP contribution in [0.25, 0.3) is 0 Å². The zero-order chi connectivity index (χ0) is 87.4. The van der Waals surface area contributed by atoms with Gasteiger partial charge in [0.1, 0.15) is 63.4 Å². The quantitative estimate of drug-likeness (QED) is 0.0392. The largest absolute Gasteiger partial charge is 0.448 e. The van der Waals surface area contributed by atoms with Gasteiger partial charge in [-0.1, -0.05) is 55.4 Å². The van der Waals surface area contributed by atoms with Crippen molar-refractivity contribution in [3.63, 3.8) is 0 Å². The summed E-state index contributed by atoms with van der Waals surface area (Å²) in [5.74, 6) is -10.1. The second-order valence-corrected chi connectivity index (χ2v) is 36.7. The van der Waals surface area contributed by atoms with E-state index in [1.54, 1.807) is 13.8 Å². The number of nitrogens with one attached hydrogen (secondary N) is 12. The molecule has 5 saturated heterocycles. The minimum atomic E-state index is -1.91. The molecule has 0 aromatic carbocycles. The number of carbonyl (C=O) groups is 16. The lowest BCUT2D eigenvalue weighted by Crippen LogP contribution is -2.66. The zero-order valence-electron chi connectivity index (χ0n) is 73.2. The van der Waals surface area contributed by atoms with Crippen molar-refractivity contribution in [3.8, 4) is 0 Å². The average molecular weight is 1640 g/mol. The fourth-order valence-corrected chi connectivity index (χ4v) is 15.5. The Hall–Kier alpha value is -8.56. The number of likely N-dealkylation sites (tertiary alicyclic amines) is 3. The molecule has 656 valence electrons. The Labute approximate surface area is 686 Å². The maximum absolute atomic E-state index is 14.4. The number of amides is 15. The summed E-state index contributed by atoms with van der Waals surface area (Å²) in [4.78, 5) is 230. The minimum Gasteiger partial charge on any atom is -0.448 e. The van der Waals surface area contributed by atoms with Crippen LogP contribution < -0.4 is 63.8 Å². The first-order valence-electron chi connectivity index (χ1n) is 42.1. The summed E-state index contributed by atoms with van der Waals surface area (Å²) >= 11 is 0. The predicted molar refractivity (Wildman–Crippen MR) is 435 cm³/mol. The highest BCUT2D eigenvalue weighted by Crippen LogP contribution is 2.30. The van der Waals surface area contributed by atoms with E-state index in [2.05, 4.69) is 87.4 Å². The molecular formula is C82H141N17O17. The van der Waals surface area contributed by atoms with Crippen LogP contribution in [-0.2, 0) is 81.4 Å². The molecule has 5 aliphatic rings. The molecule has 9 atom stereocenters. The Morgan fingerprint density at radius 1 is 0.405 bits per heavy atom. The fourth-order valence-electron chi connectivity index (χ4n) is 15.5. The van der Waals surface area contributed by atoms with Crippen LogP contribution in [0.4, 0.5) is 0 Å². The van der Waals surface area contributed by atoms with Crippen molar-refractivity contribution in [2.24, 2.45) is 17.8 Å². The molecule has 15 amide bonds. The molecule has 0 radical (unpaired) electrons. The van der Waals surface area contributed by atoms with Gasteiger partial charge in [0, 0.05) is 65.2 Å². The SMILES string of the molecule is CC[C@](C)(NC(=O)[C@@H](CC(C)C)NC(=O)CNC(=O)C(C)(C)NC(=O)C1CCCCN1C(=O)C(C)(C)NC(=O)C(C)(C)NC(=O)CNC(=O)CCNC(=O)[C@H](CC(C)C)NC(=O)C(C)(C)OC(=O)[C@](C)(CC)NC(=O)C1CCCCN1C(=O)C(C)(C)NC(=O)C1CCCCN1C(C)=O)C(=O)NC(CC(C)C)CN1CCCN2CCCC21. The van der Waals surface area contributed by atoms with Crippen LogP contribution in [0.15, 0.2) is 0 Å². The third kappa shape index (κ3) is 27.8. The Kier molecular flexibility index (Phi) is 35.7. The molecule has 0 spiro atoms. The Morgan fingerprint density at radius 3 is 1.41 bits per heavy atom. The molecule has 0 aromatic rings. The number of carbonyl (C=O) groups excluding carboxylic acids is 16. The maximum atomic E-state index is 14.4. The first kappa shape index (κ1) is 98.0. The van der Waals surface area contributed by atoms with E-state index >= 15 is 0 Å². The van der Waals surface area contributed by atoms with E-state index in [-0.39, 0.29) is 94.3 Å². The molecule has 34 heteroatoms. The smallest absolute Gasteiger partial charge is 0.332 e. The number of esters is 1. The lowest BCUT2D eigenvalue weighted by molar-refractivity contribution is -0.172. The topological polar surface area (TPSA) is 443 Å². The molecule has 5 rings (SSSR count). The van der Waals surface area contributed by atoms with Gasteiger partial charge in [-0.25, -0.2) is 4.79 Å². The van der Waals surface area contributed by atoms with Gasteiger partial charge in [0.2, 0.25) is 82.7 Å². The number of rotatable bonds is 39. The Balaban J connectivity index is 1.08. The van der Waals surface area contributed by atoms with Gasteiger partial charge in [0.05, 0.1) is 19.3 Å². The van der Waals surface area contributed by atoms with Crippen molar-refractivity contribution in [2.45, 2.75) is 342 Å². The number of hydrogen-bond acceptors (Lipinski definition) is 19. The molecular weight excluding hydrogens is 1500 g/mol. The standard InChI is InChI=1S/C82H141N17O17/c1-22-81(20,72(112)86-54(44-50(3)4)49-96-40-31-39-95-38-30-35-63(95)96)92-65(105)56(46-52(7)8)87-61(102)47-85-69(109)76(10,11)90-67(107)58-33-25-28-42-98(58)74(114)79(16,17)94-70(110)77(12,13)89-62(103)48-84-60(101)36-37-83-64(104)55(45-51(5)6)88-71(111)80(18,19)116-75(115)82(21,23-2)93-68(108)59-34-26-29-43-99(59)73(113)78(14,15)91-66(106)57-32-24-27-41-97(57)53(9)100/h50-52,54-59,63H,22-49H2,1-21H3,(H,83,104)(H,84,101)(H,85,109)(H,86,112)(H,87,102)(H,88,111)(H,89,103)(H,90,107)(H,91,106)(H,92,105)(H,93,108)(H,94,110)/t54?,55-,56+,57?,58?,59?,63?,81-,82-/m0/s1. The van der Waals surface area contributed by atoms with Crippen LogP contribution in [-0.4, -0.2) is 266 Å². The van der Waals surface area contributed by atoms with Crippen molar-refractivity contribution < 1.29 is 81.4 Å². The lowest BCUT2D eigenvalue weighted by atomic mass is 9.93. The molecule has 5 heterocycles. The van der Waals surface area contributed by atoms with Gasteiger partial charge in [0.15, 0.2) is 5.60 Å². The van der Waals surface area contributed by atoms with Crippen LogP contribution in [0.1, 0.15) is 261 Å². The second kappa shape index (κ2) is 42.2. The molecule has 0 bridgehead atoms. The number of ether oxygens (including phenoxy) is 1. The zero-order valence-corrected chi connectivity index (χ0v) is 73.2. The summed E-state index contributed by atoms with van der Waals surface area (Å²) in [6.07, 6.45) is 9.35. The lowest BCUT2D eigenvalue weighted by Gasteiger charge is -2.42. The van der Waals surface area contributed by atoms with E-state index in [9.17, 15) is 76.7 Å². The summed E-state index contributed by atoms with van der Waals surface area (Å²) in [5.41, 5.74) is -11.4. The van der Waals surface area contributed by atoms with Crippen molar-refractivity contribution in [1.82, 2.24) is 88.3 Å². The molecule has 0 saturated carbocycles. The summed E-state index contributed by atoms with van der Waals surface area (Å²) in [7, 11) is 0. The van der Waals surface area contributed by atoms with Crippen molar-refractivity contribution in [2.75, 3.05) is 65.4 Å². The highest BCUT2D eigenvalue weighted by molar-refractivity contribution is 6.02. The molecule has 12 N–H and O–H groups in total. The van der Waals surface area contributed by atoms with Gasteiger partial charge in [-0.15, -0.1) is 0 Å². The molecule has 116 heavy (non-hydrogen) atoms. The van der Waals surface area contributed by atoms with E-state index in [0.29, 0.717) is 57.3 Å². The van der Waals surface area contributed by atoms with Gasteiger partial charge in [-0.05, 0) is 217 Å². The molecule has 5 unspecified atom stereocenters. The average Bonchev–Trinajstić information content (AvgIpc) is 1.06. The van der Waals surface area contributed by atoms with E-state index in [1.165, 1.54) is 97.8 Å². The van der Waals surface area contributed by atoms with Crippen molar-refractivity contribution in [1.29, 1.82) is 0 Å². The van der Waals surface area contributed by atoms with E-state index in [0.717, 1.165) is 58.2 Å². The van der Waals surface area contributed by atoms with Gasteiger partial charge in [-0.3, -0.25) is 81.7 Å². The van der Waals surface area contributed by atoms with Crippen LogP contribution >= 0.6 is 0 Å². The Bertz CT molecular complexity index is 3540. The molecule has 5 fully saturated rings. The van der Waals surface area contributed by atoms with Crippen LogP contribution in [0.3, 0.4) is 0 Å². The summed E-state index contributed by atoms with van der Waals surface area (Å²) in [5, 5.41) is 32.8. The first-order chi connectivity index (χ1) is 53.8. The highest BCUT2D eigenvalue weighted by Gasteiger charge is 2.49. The van der Waals surface area contributed by atoms with E-state index in [4.69, 9.17) is 4.74 Å². The van der Waals surface area contributed by atoms with Crippen LogP contribution in [0.5, 0.6) is 0 Å². The monoisotopic (exact) mass is 1640 g/mol. The predicted octanol–water partition coefficient (Wildman–Crippen LogP) is 2.08. The summed E-state index contributed by atoms with van der Waals surface area (Å²) in [6, 6.07) is -5.25. The van der Waals surface area contributed by atoms with Crippen LogP contribution in [0, 0.1) is 17.8 Å². The van der Waals surface area contributed by atoms with Gasteiger partial charge >= 0.3 is 5.97 Å². The fraction of sp³-hybridized carbons (Fsp3) is 0.805. The second-order valence-electron chi connectivity index (χ2n) is 36.7. The third-order valence-electron chi connectivity index (χ3n) is 22.7. The number of piperidine rings is 3. The van der Waals surface area contributed by atoms with Gasteiger partial charge in [-0.2, -0.15) is 0 Å². The summed E-state index contributed by atoms with van der Waals surface area (Å²) in [6.45, 7) is 37.0. The van der Waals surface area contributed by atoms with Crippen molar-refractivity contribution in [3.05, 3.63) is 0 Å². The van der Waals surface area contributed by atoms with E-state index < -0.39 is 165 Å². The minimum absolute atomic E-state index is 0.00279. The van der Waals surface area contributed by atoms with Crippen LogP contribution in [0.2, 0.25) is 0 Å². The van der Waals surface area contributed by atoms with Crippen molar-refractivity contribution >= 4 is 94.6 Å². The number of nitrogens with zero attached hydrogens (tertiary/aromatic N) is 5. The molecule has 34 nitrogen and oxygen atoms in total. The van der Waals surface area contributed by atoms with Gasteiger partial charge < -0.3 is 83.2 Å². The normalized spacial score (nSPS) is 20.4.